The van der Waals surface area contributed by atoms with Crippen LogP contribution in [0.3, 0.4) is 0 Å². The molecule has 15 heavy (non-hydrogen) atoms. The summed E-state index contributed by atoms with van der Waals surface area (Å²) in [4.78, 5) is 4.50. The number of benzene rings is 1. The van der Waals surface area contributed by atoms with Crippen LogP contribution in [-0.2, 0) is 11.2 Å². The molecule has 0 amide bonds. The van der Waals surface area contributed by atoms with Gasteiger partial charge in [-0.15, -0.1) is 0 Å². The lowest BCUT2D eigenvalue weighted by atomic mass is 10.1. The first-order valence-electron chi connectivity index (χ1n) is 5.01. The SMILES string of the molecule is CC1(C)COC(Cc2ccc(Cl)cc2)=N1. The fourth-order valence-electron chi connectivity index (χ4n) is 1.53. The lowest BCUT2D eigenvalue weighted by Crippen LogP contribution is -2.17. The van der Waals surface area contributed by atoms with Gasteiger partial charge >= 0.3 is 0 Å². The van der Waals surface area contributed by atoms with Crippen molar-refractivity contribution in [3.05, 3.63) is 34.9 Å². The third-order valence-corrected chi connectivity index (χ3v) is 2.54. The van der Waals surface area contributed by atoms with E-state index in [9.17, 15) is 0 Å². The summed E-state index contributed by atoms with van der Waals surface area (Å²) in [5.74, 6) is 0.822. The summed E-state index contributed by atoms with van der Waals surface area (Å²) in [6.45, 7) is 4.82. The Bertz CT molecular complexity index is 381. The van der Waals surface area contributed by atoms with E-state index in [2.05, 4.69) is 18.8 Å². The summed E-state index contributed by atoms with van der Waals surface area (Å²) >= 11 is 5.81. The van der Waals surface area contributed by atoms with E-state index in [0.29, 0.717) is 6.61 Å². The minimum Gasteiger partial charge on any atom is -0.478 e. The highest BCUT2D eigenvalue weighted by molar-refractivity contribution is 6.30. The van der Waals surface area contributed by atoms with E-state index in [1.54, 1.807) is 0 Å². The average Bonchev–Trinajstić information content (AvgIpc) is 2.50. The average molecular weight is 224 g/mol. The molecule has 2 rings (SSSR count). The predicted molar refractivity (Wildman–Crippen MR) is 62.6 cm³/mol. The Morgan fingerprint density at radius 1 is 1.33 bits per heavy atom. The van der Waals surface area contributed by atoms with Crippen molar-refractivity contribution in [3.8, 4) is 0 Å². The van der Waals surface area contributed by atoms with Gasteiger partial charge in [0.1, 0.15) is 6.61 Å². The summed E-state index contributed by atoms with van der Waals surface area (Å²) in [7, 11) is 0. The van der Waals surface area contributed by atoms with Crippen LogP contribution in [-0.4, -0.2) is 18.0 Å². The molecule has 0 aliphatic carbocycles. The lowest BCUT2D eigenvalue weighted by molar-refractivity contribution is 0.275. The molecule has 0 bridgehead atoms. The minimum absolute atomic E-state index is 0.0677. The largest absolute Gasteiger partial charge is 0.478 e. The van der Waals surface area contributed by atoms with E-state index in [1.807, 2.05) is 24.3 Å². The van der Waals surface area contributed by atoms with Gasteiger partial charge in [-0.1, -0.05) is 23.7 Å². The summed E-state index contributed by atoms with van der Waals surface area (Å²) < 4.78 is 5.52. The van der Waals surface area contributed by atoms with Crippen LogP contribution in [0.25, 0.3) is 0 Å². The fourth-order valence-corrected chi connectivity index (χ4v) is 1.66. The maximum absolute atomic E-state index is 5.81. The number of ether oxygens (including phenoxy) is 1. The van der Waals surface area contributed by atoms with Gasteiger partial charge in [-0.25, -0.2) is 4.99 Å². The zero-order valence-electron chi connectivity index (χ0n) is 8.96. The standard InChI is InChI=1S/C12H14ClNO/c1-12(2)8-15-11(14-12)7-9-3-5-10(13)6-4-9/h3-6H,7-8H2,1-2H3. The van der Waals surface area contributed by atoms with E-state index in [4.69, 9.17) is 16.3 Å². The Balaban J connectivity index is 2.07. The zero-order valence-corrected chi connectivity index (χ0v) is 9.71. The lowest BCUT2D eigenvalue weighted by Gasteiger charge is -2.07. The van der Waals surface area contributed by atoms with Crippen molar-refractivity contribution in [1.82, 2.24) is 0 Å². The van der Waals surface area contributed by atoms with Crippen molar-refractivity contribution in [2.45, 2.75) is 25.8 Å². The van der Waals surface area contributed by atoms with Gasteiger partial charge in [0.25, 0.3) is 0 Å². The van der Waals surface area contributed by atoms with E-state index in [1.165, 1.54) is 5.56 Å². The molecule has 0 atom stereocenters. The molecule has 1 heterocycles. The van der Waals surface area contributed by atoms with Crippen LogP contribution in [0.5, 0.6) is 0 Å². The Morgan fingerprint density at radius 3 is 2.53 bits per heavy atom. The molecule has 0 unspecified atom stereocenters. The molecule has 1 aliphatic rings. The number of hydrogen-bond donors (Lipinski definition) is 0. The van der Waals surface area contributed by atoms with Crippen LogP contribution in [0.2, 0.25) is 5.02 Å². The Labute approximate surface area is 94.9 Å². The second-order valence-corrected chi connectivity index (χ2v) is 4.85. The van der Waals surface area contributed by atoms with Crippen LogP contribution in [0.15, 0.2) is 29.3 Å². The van der Waals surface area contributed by atoms with Gasteiger partial charge in [0, 0.05) is 11.4 Å². The summed E-state index contributed by atoms with van der Waals surface area (Å²) in [6, 6.07) is 7.77. The second kappa shape index (κ2) is 3.86. The van der Waals surface area contributed by atoms with Crippen LogP contribution in [0.1, 0.15) is 19.4 Å². The monoisotopic (exact) mass is 223 g/mol. The number of nitrogens with zero attached hydrogens (tertiary/aromatic N) is 1. The molecule has 1 aromatic carbocycles. The molecule has 1 aromatic rings. The molecule has 80 valence electrons. The highest BCUT2D eigenvalue weighted by atomic mass is 35.5. The molecule has 0 spiro atoms. The molecule has 0 fully saturated rings. The van der Waals surface area contributed by atoms with Gasteiger partial charge in [0.2, 0.25) is 0 Å². The van der Waals surface area contributed by atoms with E-state index in [-0.39, 0.29) is 5.54 Å². The Kier molecular flexibility index (Phi) is 2.70. The topological polar surface area (TPSA) is 21.6 Å². The highest BCUT2D eigenvalue weighted by Crippen LogP contribution is 2.19. The van der Waals surface area contributed by atoms with Crippen LogP contribution in [0, 0.1) is 0 Å². The van der Waals surface area contributed by atoms with Crippen molar-refractivity contribution in [2.75, 3.05) is 6.61 Å². The van der Waals surface area contributed by atoms with Crippen LogP contribution < -0.4 is 0 Å². The first kappa shape index (κ1) is 10.5. The third kappa shape index (κ3) is 2.72. The Morgan fingerprint density at radius 2 is 2.00 bits per heavy atom. The first-order chi connectivity index (χ1) is 7.05. The van der Waals surface area contributed by atoms with Gasteiger partial charge in [0.15, 0.2) is 5.90 Å². The molecule has 0 radical (unpaired) electrons. The first-order valence-corrected chi connectivity index (χ1v) is 5.39. The molecule has 0 N–H and O–H groups in total. The molecule has 0 aromatic heterocycles. The van der Waals surface area contributed by atoms with Crippen molar-refractivity contribution in [3.63, 3.8) is 0 Å². The molecule has 2 nitrogen and oxygen atoms in total. The van der Waals surface area contributed by atoms with Crippen molar-refractivity contribution in [2.24, 2.45) is 4.99 Å². The van der Waals surface area contributed by atoms with Gasteiger partial charge in [-0.05, 0) is 31.5 Å². The van der Waals surface area contributed by atoms with Crippen molar-refractivity contribution >= 4 is 17.5 Å². The summed E-state index contributed by atoms with van der Waals surface area (Å²) in [5.41, 5.74) is 1.11. The molecule has 3 heteroatoms. The molecular formula is C12H14ClNO. The summed E-state index contributed by atoms with van der Waals surface area (Å²) in [6.07, 6.45) is 0.751. The fraction of sp³-hybridized carbons (Fsp3) is 0.417. The maximum atomic E-state index is 5.81. The Hall–Kier alpha value is -1.02. The maximum Gasteiger partial charge on any atom is 0.188 e. The highest BCUT2D eigenvalue weighted by Gasteiger charge is 2.25. The van der Waals surface area contributed by atoms with Crippen molar-refractivity contribution < 1.29 is 4.74 Å². The van der Waals surface area contributed by atoms with E-state index >= 15 is 0 Å². The minimum atomic E-state index is -0.0677. The normalized spacial score (nSPS) is 18.5. The van der Waals surface area contributed by atoms with E-state index in [0.717, 1.165) is 17.3 Å². The summed E-state index contributed by atoms with van der Waals surface area (Å²) in [5, 5.41) is 0.758. The smallest absolute Gasteiger partial charge is 0.188 e. The number of halogens is 1. The number of rotatable bonds is 2. The molecule has 1 aliphatic heterocycles. The van der Waals surface area contributed by atoms with Gasteiger partial charge in [-0.2, -0.15) is 0 Å². The quantitative estimate of drug-likeness (QED) is 0.755. The van der Waals surface area contributed by atoms with Gasteiger partial charge in [-0.3, -0.25) is 0 Å². The second-order valence-electron chi connectivity index (χ2n) is 4.41. The number of hydrogen-bond acceptors (Lipinski definition) is 2. The zero-order chi connectivity index (χ0) is 10.9. The predicted octanol–water partition coefficient (Wildman–Crippen LogP) is 3.09. The van der Waals surface area contributed by atoms with Crippen LogP contribution in [0.4, 0.5) is 0 Å². The van der Waals surface area contributed by atoms with Gasteiger partial charge in [0.05, 0.1) is 5.54 Å². The third-order valence-electron chi connectivity index (χ3n) is 2.29. The molecule has 0 saturated carbocycles. The number of aliphatic imine (C=N–C) groups is 1. The van der Waals surface area contributed by atoms with Crippen molar-refractivity contribution in [1.29, 1.82) is 0 Å². The molecular weight excluding hydrogens is 210 g/mol. The van der Waals surface area contributed by atoms with Gasteiger partial charge < -0.3 is 4.74 Å². The van der Waals surface area contributed by atoms with Crippen LogP contribution >= 0.6 is 11.6 Å². The van der Waals surface area contributed by atoms with E-state index < -0.39 is 0 Å². The molecule has 0 saturated heterocycles.